The molecular weight excluding hydrogens is 198 g/mol. The number of hydrogen-bond acceptors (Lipinski definition) is 2. The number of benzene rings is 1. The van der Waals surface area contributed by atoms with E-state index in [9.17, 15) is 4.79 Å². The fraction of sp³-hybridized carbons (Fsp3) is 0.273. The summed E-state index contributed by atoms with van der Waals surface area (Å²) in [7, 11) is 0. The van der Waals surface area contributed by atoms with Crippen LogP contribution in [0.25, 0.3) is 0 Å². The molecule has 0 aromatic heterocycles. The van der Waals surface area contributed by atoms with Gasteiger partial charge in [-0.1, -0.05) is 37.6 Å². The van der Waals surface area contributed by atoms with Crippen molar-refractivity contribution in [2.75, 3.05) is 0 Å². The molecule has 0 saturated heterocycles. The summed E-state index contributed by atoms with van der Waals surface area (Å²) in [4.78, 5) is 11.7. The molecule has 1 aromatic carbocycles. The second-order valence-corrected chi connectivity index (χ2v) is 3.78. The molecule has 0 amide bonds. The summed E-state index contributed by atoms with van der Waals surface area (Å²) in [5, 5.41) is 7.98. The van der Waals surface area contributed by atoms with Crippen molar-refractivity contribution in [3.63, 3.8) is 0 Å². The molecule has 0 saturated carbocycles. The quantitative estimate of drug-likeness (QED) is 0.603. The molecule has 3 heteroatoms. The standard InChI is InChI=1S/C11H12ClNO/c1-7(2)10(13)11(14)8-5-3-4-6-9(8)12/h3-7,13H,1-2H3. The Bertz CT molecular complexity index is 371. The molecule has 0 aliphatic carbocycles. The molecule has 0 atom stereocenters. The molecule has 74 valence electrons. The van der Waals surface area contributed by atoms with Gasteiger partial charge in [0.25, 0.3) is 0 Å². The lowest BCUT2D eigenvalue weighted by Gasteiger charge is -2.07. The highest BCUT2D eigenvalue weighted by molar-refractivity contribution is 6.48. The Kier molecular flexibility index (Phi) is 3.42. The van der Waals surface area contributed by atoms with Crippen LogP contribution in [0.5, 0.6) is 0 Å². The lowest BCUT2D eigenvalue weighted by atomic mass is 9.99. The van der Waals surface area contributed by atoms with E-state index in [1.807, 2.05) is 13.8 Å². The zero-order valence-corrected chi connectivity index (χ0v) is 8.93. The fourth-order valence-corrected chi connectivity index (χ4v) is 1.27. The van der Waals surface area contributed by atoms with Crippen molar-refractivity contribution >= 4 is 23.1 Å². The number of halogens is 1. The van der Waals surface area contributed by atoms with E-state index >= 15 is 0 Å². The van der Waals surface area contributed by atoms with Gasteiger partial charge in [0.2, 0.25) is 5.78 Å². The Balaban J connectivity index is 3.02. The Morgan fingerprint density at radius 2 is 1.93 bits per heavy atom. The Morgan fingerprint density at radius 1 is 1.36 bits per heavy atom. The van der Waals surface area contributed by atoms with Crippen molar-refractivity contribution in [1.29, 1.82) is 5.41 Å². The second-order valence-electron chi connectivity index (χ2n) is 3.38. The first kappa shape index (κ1) is 10.9. The van der Waals surface area contributed by atoms with Crippen LogP contribution < -0.4 is 0 Å². The maximum absolute atomic E-state index is 11.7. The largest absolute Gasteiger partial charge is 0.301 e. The fourth-order valence-electron chi connectivity index (χ4n) is 1.05. The van der Waals surface area contributed by atoms with Gasteiger partial charge in [-0.15, -0.1) is 0 Å². The van der Waals surface area contributed by atoms with E-state index in [1.54, 1.807) is 24.3 Å². The minimum absolute atomic E-state index is 0.0706. The lowest BCUT2D eigenvalue weighted by molar-refractivity contribution is 0.106. The molecular formula is C11H12ClNO. The van der Waals surface area contributed by atoms with Crippen molar-refractivity contribution in [3.05, 3.63) is 34.9 Å². The molecule has 0 spiro atoms. The van der Waals surface area contributed by atoms with E-state index in [2.05, 4.69) is 0 Å². The van der Waals surface area contributed by atoms with Gasteiger partial charge in [0.1, 0.15) is 0 Å². The van der Waals surface area contributed by atoms with Gasteiger partial charge in [-0.3, -0.25) is 4.79 Å². The molecule has 0 heterocycles. The van der Waals surface area contributed by atoms with Crippen LogP contribution >= 0.6 is 11.6 Å². The van der Waals surface area contributed by atoms with Gasteiger partial charge in [0.05, 0.1) is 10.7 Å². The van der Waals surface area contributed by atoms with Gasteiger partial charge in [-0.05, 0) is 18.1 Å². The van der Waals surface area contributed by atoms with E-state index in [0.29, 0.717) is 10.6 Å². The zero-order valence-electron chi connectivity index (χ0n) is 8.17. The smallest absolute Gasteiger partial charge is 0.208 e. The summed E-state index contributed by atoms with van der Waals surface area (Å²) in [6, 6.07) is 6.80. The molecule has 1 N–H and O–H groups in total. The molecule has 14 heavy (non-hydrogen) atoms. The average Bonchev–Trinajstić information content (AvgIpc) is 2.16. The lowest BCUT2D eigenvalue weighted by Crippen LogP contribution is -2.19. The molecule has 0 bridgehead atoms. The van der Waals surface area contributed by atoms with Crippen LogP contribution in [0.3, 0.4) is 0 Å². The third kappa shape index (κ3) is 2.20. The van der Waals surface area contributed by atoms with Crippen LogP contribution in [0.1, 0.15) is 24.2 Å². The maximum Gasteiger partial charge on any atom is 0.208 e. The molecule has 0 fully saturated rings. The molecule has 0 unspecified atom stereocenters. The highest BCUT2D eigenvalue weighted by Crippen LogP contribution is 2.17. The van der Waals surface area contributed by atoms with Crippen molar-refractivity contribution < 1.29 is 4.79 Å². The van der Waals surface area contributed by atoms with Crippen LogP contribution in [-0.2, 0) is 0 Å². The number of hydrogen-bond donors (Lipinski definition) is 1. The minimum atomic E-state index is -0.286. The summed E-state index contributed by atoms with van der Waals surface area (Å²) >= 11 is 5.85. The van der Waals surface area contributed by atoms with Crippen LogP contribution in [0.15, 0.2) is 24.3 Å². The molecule has 1 rings (SSSR count). The van der Waals surface area contributed by atoms with Gasteiger partial charge >= 0.3 is 0 Å². The topological polar surface area (TPSA) is 40.9 Å². The number of Topliss-reactive ketones (excluding diaryl/α,β-unsaturated/α-hetero) is 1. The summed E-state index contributed by atoms with van der Waals surface area (Å²) in [6.45, 7) is 3.63. The zero-order chi connectivity index (χ0) is 10.7. The number of carbonyl (C=O) groups is 1. The summed E-state index contributed by atoms with van der Waals surface area (Å²) in [5.41, 5.74) is 0.506. The van der Waals surface area contributed by atoms with E-state index in [1.165, 1.54) is 0 Å². The van der Waals surface area contributed by atoms with Gasteiger partial charge in [-0.2, -0.15) is 0 Å². The first-order valence-corrected chi connectivity index (χ1v) is 4.79. The predicted molar refractivity (Wildman–Crippen MR) is 58.3 cm³/mol. The summed E-state index contributed by atoms with van der Waals surface area (Å²) in [6.07, 6.45) is 0. The minimum Gasteiger partial charge on any atom is -0.301 e. The highest BCUT2D eigenvalue weighted by atomic mass is 35.5. The molecule has 0 aliphatic heterocycles. The Labute approximate surface area is 88.4 Å². The van der Waals surface area contributed by atoms with E-state index < -0.39 is 0 Å². The first-order chi connectivity index (χ1) is 6.54. The second kappa shape index (κ2) is 4.38. The number of nitrogens with one attached hydrogen (secondary N) is 1. The van der Waals surface area contributed by atoms with Crippen molar-refractivity contribution in [3.8, 4) is 0 Å². The number of rotatable bonds is 3. The Hall–Kier alpha value is -1.15. The highest BCUT2D eigenvalue weighted by Gasteiger charge is 2.17. The van der Waals surface area contributed by atoms with E-state index in [0.717, 1.165) is 0 Å². The van der Waals surface area contributed by atoms with Gasteiger partial charge in [0.15, 0.2) is 0 Å². The third-order valence-corrected chi connectivity index (χ3v) is 2.27. The van der Waals surface area contributed by atoms with Crippen molar-refractivity contribution in [1.82, 2.24) is 0 Å². The van der Waals surface area contributed by atoms with Crippen LogP contribution in [0.4, 0.5) is 0 Å². The van der Waals surface area contributed by atoms with Crippen LogP contribution in [-0.4, -0.2) is 11.5 Å². The maximum atomic E-state index is 11.7. The van der Waals surface area contributed by atoms with Crippen LogP contribution in [0.2, 0.25) is 5.02 Å². The van der Waals surface area contributed by atoms with Crippen molar-refractivity contribution in [2.24, 2.45) is 5.92 Å². The van der Waals surface area contributed by atoms with Gasteiger partial charge < -0.3 is 5.41 Å². The predicted octanol–water partition coefficient (Wildman–Crippen LogP) is 3.20. The molecule has 2 nitrogen and oxygen atoms in total. The SMILES string of the molecule is CC(C)C(=N)C(=O)c1ccccc1Cl. The normalized spacial score (nSPS) is 10.3. The van der Waals surface area contributed by atoms with E-state index in [4.69, 9.17) is 17.0 Å². The third-order valence-electron chi connectivity index (χ3n) is 1.94. The van der Waals surface area contributed by atoms with E-state index in [-0.39, 0.29) is 17.4 Å². The molecule has 1 aromatic rings. The summed E-state index contributed by atoms with van der Waals surface area (Å²) in [5.74, 6) is -0.357. The van der Waals surface area contributed by atoms with Gasteiger partial charge in [0, 0.05) is 5.56 Å². The monoisotopic (exact) mass is 209 g/mol. The first-order valence-electron chi connectivity index (χ1n) is 4.41. The average molecular weight is 210 g/mol. The summed E-state index contributed by atoms with van der Waals surface area (Å²) < 4.78 is 0. The Morgan fingerprint density at radius 3 is 2.43 bits per heavy atom. The number of carbonyl (C=O) groups excluding carboxylic acids is 1. The molecule has 0 aliphatic rings. The van der Waals surface area contributed by atoms with Crippen LogP contribution in [0, 0.1) is 11.3 Å². The van der Waals surface area contributed by atoms with Crippen molar-refractivity contribution in [2.45, 2.75) is 13.8 Å². The van der Waals surface area contributed by atoms with Gasteiger partial charge in [-0.25, -0.2) is 0 Å². The molecule has 0 radical (unpaired) electrons. The number of ketones is 1.